The van der Waals surface area contributed by atoms with E-state index in [-0.39, 0.29) is 0 Å². The Morgan fingerprint density at radius 2 is 2.00 bits per heavy atom. The van der Waals surface area contributed by atoms with Gasteiger partial charge in [0, 0.05) is 4.88 Å². The van der Waals surface area contributed by atoms with Crippen molar-refractivity contribution in [3.63, 3.8) is 0 Å². The Hall–Kier alpha value is 0.0500. The molecule has 0 radical (unpaired) electrons. The van der Waals surface area contributed by atoms with Gasteiger partial charge in [-0.15, -0.1) is 23.1 Å². The van der Waals surface area contributed by atoms with E-state index in [0.29, 0.717) is 5.41 Å². The van der Waals surface area contributed by atoms with Gasteiger partial charge in [0.1, 0.15) is 0 Å². The molecule has 1 heterocycles. The molecule has 2 heteroatoms. The highest BCUT2D eigenvalue weighted by atomic mass is 32.2. The minimum atomic E-state index is 0.417. The average molecular weight is 200 g/mol. The Bertz CT molecular complexity index is 243. The molecule has 0 saturated heterocycles. The fourth-order valence-electron chi connectivity index (χ4n) is 1.09. The summed E-state index contributed by atoms with van der Waals surface area (Å²) in [4.78, 5) is 1.51. The normalized spacial score (nSPS) is 12.0. The first-order chi connectivity index (χ1) is 5.51. The third-order valence-electron chi connectivity index (χ3n) is 1.54. The first-order valence-corrected chi connectivity index (χ1v) is 6.18. The maximum atomic E-state index is 2.28. The van der Waals surface area contributed by atoms with Crippen LogP contribution in [0.5, 0.6) is 0 Å². The summed E-state index contributed by atoms with van der Waals surface area (Å²) in [7, 11) is 0. The lowest BCUT2D eigenvalue weighted by molar-refractivity contribution is 0.414. The van der Waals surface area contributed by atoms with Gasteiger partial charge in [0.2, 0.25) is 0 Å². The second-order valence-corrected chi connectivity index (χ2v) is 6.44. The SMILES string of the molecule is CSc1ccc(CC(C)(C)C)s1. The Labute approximate surface area is 83.4 Å². The molecule has 0 amide bonds. The summed E-state index contributed by atoms with van der Waals surface area (Å²) in [5.41, 5.74) is 0.417. The van der Waals surface area contributed by atoms with E-state index in [0.717, 1.165) is 0 Å². The van der Waals surface area contributed by atoms with Crippen LogP contribution in [0.3, 0.4) is 0 Å². The van der Waals surface area contributed by atoms with Crippen molar-refractivity contribution in [3.05, 3.63) is 17.0 Å². The van der Waals surface area contributed by atoms with Gasteiger partial charge in [0.15, 0.2) is 0 Å². The summed E-state index contributed by atoms with van der Waals surface area (Å²) in [5, 5.41) is 0. The topological polar surface area (TPSA) is 0 Å². The van der Waals surface area contributed by atoms with Gasteiger partial charge < -0.3 is 0 Å². The zero-order chi connectivity index (χ0) is 9.19. The van der Waals surface area contributed by atoms with Crippen LogP contribution in [0.1, 0.15) is 25.6 Å². The number of thiophene rings is 1. The number of hydrogen-bond donors (Lipinski definition) is 0. The van der Waals surface area contributed by atoms with Crippen molar-refractivity contribution < 1.29 is 0 Å². The molecule has 0 spiro atoms. The quantitative estimate of drug-likeness (QED) is 0.649. The summed E-state index contributed by atoms with van der Waals surface area (Å²) in [6, 6.07) is 4.47. The van der Waals surface area contributed by atoms with Crippen molar-refractivity contribution in [1.82, 2.24) is 0 Å². The third kappa shape index (κ3) is 3.20. The lowest BCUT2D eigenvalue weighted by Gasteiger charge is -2.16. The fourth-order valence-corrected chi connectivity index (χ4v) is 2.98. The van der Waals surface area contributed by atoms with Gasteiger partial charge in [-0.2, -0.15) is 0 Å². The van der Waals surface area contributed by atoms with Crippen molar-refractivity contribution in [2.24, 2.45) is 5.41 Å². The van der Waals surface area contributed by atoms with Crippen LogP contribution in [0.25, 0.3) is 0 Å². The Morgan fingerprint density at radius 3 is 2.42 bits per heavy atom. The molecule has 68 valence electrons. The lowest BCUT2D eigenvalue weighted by Crippen LogP contribution is -2.07. The molecule has 0 aliphatic rings. The van der Waals surface area contributed by atoms with E-state index in [4.69, 9.17) is 0 Å². The standard InChI is InChI=1S/C10H16S2/c1-10(2,3)7-8-5-6-9(11-4)12-8/h5-6H,7H2,1-4H3. The molecule has 0 bridgehead atoms. The van der Waals surface area contributed by atoms with Gasteiger partial charge >= 0.3 is 0 Å². The highest BCUT2D eigenvalue weighted by Crippen LogP contribution is 2.30. The highest BCUT2D eigenvalue weighted by molar-refractivity contribution is 8.00. The largest absolute Gasteiger partial charge is 0.134 e. The molecule has 0 atom stereocenters. The number of hydrogen-bond acceptors (Lipinski definition) is 2. The van der Waals surface area contributed by atoms with Crippen molar-refractivity contribution >= 4 is 23.1 Å². The van der Waals surface area contributed by atoms with Crippen molar-refractivity contribution in [2.45, 2.75) is 31.4 Å². The molecule has 0 aliphatic carbocycles. The van der Waals surface area contributed by atoms with Crippen molar-refractivity contribution in [3.8, 4) is 0 Å². The zero-order valence-corrected chi connectivity index (χ0v) is 9.81. The monoisotopic (exact) mass is 200 g/mol. The Kier molecular flexibility index (Phi) is 3.24. The minimum Gasteiger partial charge on any atom is -0.134 e. The summed E-state index contributed by atoms with van der Waals surface area (Å²) in [6.07, 6.45) is 3.32. The number of thioether (sulfide) groups is 1. The van der Waals surface area contributed by atoms with E-state index in [1.807, 2.05) is 23.1 Å². The van der Waals surface area contributed by atoms with Crippen molar-refractivity contribution in [2.75, 3.05) is 6.26 Å². The van der Waals surface area contributed by atoms with E-state index >= 15 is 0 Å². The second kappa shape index (κ2) is 3.84. The molecule has 0 aromatic carbocycles. The summed E-state index contributed by atoms with van der Waals surface area (Å²) >= 11 is 3.76. The smallest absolute Gasteiger partial charge is 0.0598 e. The molecule has 0 saturated carbocycles. The van der Waals surface area contributed by atoms with Crippen LogP contribution < -0.4 is 0 Å². The first kappa shape index (κ1) is 10.1. The predicted octanol–water partition coefficient (Wildman–Crippen LogP) is 4.06. The number of rotatable bonds is 2. The maximum absolute atomic E-state index is 2.28. The molecule has 0 unspecified atom stereocenters. The van der Waals surface area contributed by atoms with E-state index in [1.165, 1.54) is 15.5 Å². The van der Waals surface area contributed by atoms with Crippen LogP contribution in [0.4, 0.5) is 0 Å². The Morgan fingerprint density at radius 1 is 1.33 bits per heavy atom. The summed E-state index contributed by atoms with van der Waals surface area (Å²) in [5.74, 6) is 0. The maximum Gasteiger partial charge on any atom is 0.0598 e. The van der Waals surface area contributed by atoms with Gasteiger partial charge in [-0.3, -0.25) is 0 Å². The van der Waals surface area contributed by atoms with Crippen LogP contribution in [0.2, 0.25) is 0 Å². The van der Waals surface area contributed by atoms with Crippen LogP contribution in [-0.4, -0.2) is 6.26 Å². The summed E-state index contributed by atoms with van der Waals surface area (Å²) < 4.78 is 1.43. The lowest BCUT2D eigenvalue weighted by atomic mass is 9.92. The van der Waals surface area contributed by atoms with E-state index in [9.17, 15) is 0 Å². The molecule has 0 nitrogen and oxygen atoms in total. The van der Waals surface area contributed by atoms with Gasteiger partial charge in [0.25, 0.3) is 0 Å². The third-order valence-corrected chi connectivity index (χ3v) is 3.71. The molecule has 0 fully saturated rings. The van der Waals surface area contributed by atoms with Gasteiger partial charge in [-0.05, 0) is 30.2 Å². The first-order valence-electron chi connectivity index (χ1n) is 4.14. The summed E-state index contributed by atoms with van der Waals surface area (Å²) in [6.45, 7) is 6.85. The molecule has 0 aliphatic heterocycles. The molecule has 0 N–H and O–H groups in total. The van der Waals surface area contributed by atoms with Gasteiger partial charge in [-0.25, -0.2) is 0 Å². The second-order valence-electron chi connectivity index (χ2n) is 4.16. The van der Waals surface area contributed by atoms with Crippen LogP contribution in [0, 0.1) is 5.41 Å². The van der Waals surface area contributed by atoms with Crippen LogP contribution in [0.15, 0.2) is 16.3 Å². The zero-order valence-electron chi connectivity index (χ0n) is 8.18. The van der Waals surface area contributed by atoms with Crippen LogP contribution >= 0.6 is 23.1 Å². The van der Waals surface area contributed by atoms with E-state index in [1.54, 1.807) is 0 Å². The molecule has 12 heavy (non-hydrogen) atoms. The van der Waals surface area contributed by atoms with Gasteiger partial charge in [0.05, 0.1) is 4.21 Å². The van der Waals surface area contributed by atoms with E-state index in [2.05, 4.69) is 39.2 Å². The average Bonchev–Trinajstić information content (AvgIpc) is 2.32. The Balaban J connectivity index is 2.64. The molecule has 1 aromatic rings. The molecular formula is C10H16S2. The fraction of sp³-hybridized carbons (Fsp3) is 0.600. The molecule has 1 aromatic heterocycles. The van der Waals surface area contributed by atoms with Crippen LogP contribution in [-0.2, 0) is 6.42 Å². The van der Waals surface area contributed by atoms with Crippen molar-refractivity contribution in [1.29, 1.82) is 0 Å². The minimum absolute atomic E-state index is 0.417. The predicted molar refractivity (Wildman–Crippen MR) is 59.3 cm³/mol. The molecular weight excluding hydrogens is 184 g/mol. The van der Waals surface area contributed by atoms with E-state index < -0.39 is 0 Å². The van der Waals surface area contributed by atoms with Gasteiger partial charge in [-0.1, -0.05) is 20.8 Å². The molecule has 1 rings (SSSR count). The highest BCUT2D eigenvalue weighted by Gasteiger charge is 2.12.